The maximum Gasteiger partial charge on any atom is 0.320 e. The summed E-state index contributed by atoms with van der Waals surface area (Å²) in [6.45, 7) is 6.54. The molecule has 24 heavy (non-hydrogen) atoms. The lowest BCUT2D eigenvalue weighted by Gasteiger charge is -2.20. The van der Waals surface area contributed by atoms with Crippen LogP contribution in [-0.2, 0) is 18.8 Å². The molecule has 1 saturated heterocycles. The molecule has 0 saturated carbocycles. The molecule has 130 valence electrons. The molecule has 0 spiro atoms. The van der Waals surface area contributed by atoms with Crippen LogP contribution in [-0.4, -0.2) is 38.2 Å². The molecule has 8 heteroatoms. The number of rotatable bonds is 3. The van der Waals surface area contributed by atoms with Crippen molar-refractivity contribution < 1.29 is 9.53 Å². The second-order valence-corrected chi connectivity index (χ2v) is 6.29. The standard InChI is InChI=1S/C16H24N6O2/c1-9-8-13(20-21(9)4)18-16(23)17-12-6-7-24-15(12)14-10(2)19-22(5)11(14)3/h8,12,15H,6-7H2,1-5H3,(H2,17,18,20,23)/t12-,15-/m0/s1. The number of aryl methyl sites for hydroxylation is 4. The van der Waals surface area contributed by atoms with Crippen LogP contribution in [0.4, 0.5) is 10.6 Å². The zero-order valence-electron chi connectivity index (χ0n) is 14.8. The summed E-state index contributed by atoms with van der Waals surface area (Å²) in [6.07, 6.45) is 0.600. The third-order valence-electron chi connectivity index (χ3n) is 4.61. The zero-order chi connectivity index (χ0) is 17.4. The molecule has 0 aromatic carbocycles. The van der Waals surface area contributed by atoms with Gasteiger partial charge in [-0.2, -0.15) is 10.2 Å². The fraction of sp³-hybridized carbons (Fsp3) is 0.562. The summed E-state index contributed by atoms with van der Waals surface area (Å²) in [5, 5.41) is 14.5. The van der Waals surface area contributed by atoms with Crippen LogP contribution in [0, 0.1) is 20.8 Å². The molecule has 1 fully saturated rings. The first-order chi connectivity index (χ1) is 11.4. The van der Waals surface area contributed by atoms with E-state index in [9.17, 15) is 4.79 Å². The van der Waals surface area contributed by atoms with Crippen LogP contribution in [0.5, 0.6) is 0 Å². The normalized spacial score (nSPS) is 20.4. The molecule has 8 nitrogen and oxygen atoms in total. The van der Waals surface area contributed by atoms with Crippen LogP contribution in [0.25, 0.3) is 0 Å². The van der Waals surface area contributed by atoms with Gasteiger partial charge in [0.25, 0.3) is 0 Å². The second-order valence-electron chi connectivity index (χ2n) is 6.29. The average molecular weight is 332 g/mol. The van der Waals surface area contributed by atoms with E-state index in [-0.39, 0.29) is 18.2 Å². The minimum absolute atomic E-state index is 0.0867. The number of ether oxygens (including phenoxy) is 1. The number of amides is 2. The molecular formula is C16H24N6O2. The highest BCUT2D eigenvalue weighted by atomic mass is 16.5. The summed E-state index contributed by atoms with van der Waals surface area (Å²) in [7, 11) is 3.76. The van der Waals surface area contributed by atoms with Gasteiger partial charge in [-0.05, 0) is 27.2 Å². The van der Waals surface area contributed by atoms with Crippen molar-refractivity contribution in [1.82, 2.24) is 24.9 Å². The lowest BCUT2D eigenvalue weighted by atomic mass is 10.0. The molecule has 2 atom stereocenters. The molecule has 0 unspecified atom stereocenters. The van der Waals surface area contributed by atoms with E-state index in [4.69, 9.17) is 4.74 Å². The summed E-state index contributed by atoms with van der Waals surface area (Å²) >= 11 is 0. The number of carbonyl (C=O) groups is 1. The predicted octanol–water partition coefficient (Wildman–Crippen LogP) is 1.73. The van der Waals surface area contributed by atoms with Crippen LogP contribution < -0.4 is 10.6 Å². The van der Waals surface area contributed by atoms with Gasteiger partial charge in [0.05, 0.1) is 11.7 Å². The first-order valence-electron chi connectivity index (χ1n) is 8.06. The van der Waals surface area contributed by atoms with Crippen molar-refractivity contribution in [3.8, 4) is 0 Å². The smallest absolute Gasteiger partial charge is 0.320 e. The molecule has 3 rings (SSSR count). The number of aromatic nitrogens is 4. The Morgan fingerprint density at radius 3 is 2.58 bits per heavy atom. The van der Waals surface area contributed by atoms with E-state index in [0.29, 0.717) is 12.4 Å². The van der Waals surface area contributed by atoms with Gasteiger partial charge in [-0.15, -0.1) is 0 Å². The van der Waals surface area contributed by atoms with Gasteiger partial charge >= 0.3 is 6.03 Å². The number of carbonyl (C=O) groups excluding carboxylic acids is 1. The van der Waals surface area contributed by atoms with Gasteiger partial charge in [-0.25, -0.2) is 4.79 Å². The molecule has 1 aliphatic rings. The second kappa shape index (κ2) is 6.27. The monoisotopic (exact) mass is 332 g/mol. The number of nitrogens with zero attached hydrogens (tertiary/aromatic N) is 4. The number of hydrogen-bond donors (Lipinski definition) is 2. The molecule has 1 aliphatic heterocycles. The fourth-order valence-electron chi connectivity index (χ4n) is 3.17. The number of hydrogen-bond acceptors (Lipinski definition) is 4. The van der Waals surface area contributed by atoms with E-state index in [1.54, 1.807) is 4.68 Å². The van der Waals surface area contributed by atoms with Gasteiger partial charge in [0.1, 0.15) is 6.10 Å². The van der Waals surface area contributed by atoms with E-state index in [0.717, 1.165) is 29.1 Å². The summed E-state index contributed by atoms with van der Waals surface area (Å²) in [5.74, 6) is 0.539. The average Bonchev–Trinajstić information content (AvgIpc) is 3.12. The Morgan fingerprint density at radius 2 is 2.00 bits per heavy atom. The molecule has 3 heterocycles. The van der Waals surface area contributed by atoms with Crippen molar-refractivity contribution in [3.63, 3.8) is 0 Å². The minimum Gasteiger partial charge on any atom is -0.371 e. The fourth-order valence-corrected chi connectivity index (χ4v) is 3.17. The van der Waals surface area contributed by atoms with Crippen molar-refractivity contribution in [2.75, 3.05) is 11.9 Å². The lowest BCUT2D eigenvalue weighted by molar-refractivity contribution is 0.0993. The first kappa shape index (κ1) is 16.5. The van der Waals surface area contributed by atoms with Gasteiger partial charge in [-0.1, -0.05) is 0 Å². The molecule has 2 amide bonds. The van der Waals surface area contributed by atoms with Gasteiger partial charge in [0, 0.05) is 43.7 Å². The maximum atomic E-state index is 12.3. The Balaban J connectivity index is 1.70. The summed E-state index contributed by atoms with van der Waals surface area (Å²) < 4.78 is 9.45. The van der Waals surface area contributed by atoms with Crippen LogP contribution in [0.3, 0.4) is 0 Å². The molecule has 2 aromatic rings. The predicted molar refractivity (Wildman–Crippen MR) is 89.9 cm³/mol. The molecule has 2 aromatic heterocycles. The Hall–Kier alpha value is -2.35. The quantitative estimate of drug-likeness (QED) is 0.896. The largest absolute Gasteiger partial charge is 0.371 e. The van der Waals surface area contributed by atoms with Crippen LogP contribution in [0.2, 0.25) is 0 Å². The highest BCUT2D eigenvalue weighted by Gasteiger charge is 2.34. The van der Waals surface area contributed by atoms with Crippen LogP contribution in [0.1, 0.15) is 35.2 Å². The van der Waals surface area contributed by atoms with E-state index in [1.807, 2.05) is 45.6 Å². The van der Waals surface area contributed by atoms with Crippen molar-refractivity contribution in [2.24, 2.45) is 14.1 Å². The highest BCUT2D eigenvalue weighted by molar-refractivity contribution is 5.88. The van der Waals surface area contributed by atoms with Crippen molar-refractivity contribution >= 4 is 11.8 Å². The summed E-state index contributed by atoms with van der Waals surface area (Å²) in [4.78, 5) is 12.3. The molecule has 0 radical (unpaired) electrons. The highest BCUT2D eigenvalue weighted by Crippen LogP contribution is 2.33. The van der Waals surface area contributed by atoms with E-state index < -0.39 is 0 Å². The van der Waals surface area contributed by atoms with Gasteiger partial charge in [0.2, 0.25) is 0 Å². The van der Waals surface area contributed by atoms with Gasteiger partial charge in [0.15, 0.2) is 5.82 Å². The Kier molecular flexibility index (Phi) is 4.31. The minimum atomic E-state index is -0.271. The van der Waals surface area contributed by atoms with Gasteiger partial charge < -0.3 is 10.1 Å². The third-order valence-corrected chi connectivity index (χ3v) is 4.61. The summed E-state index contributed by atoms with van der Waals surface area (Å²) in [6, 6.07) is 1.47. The molecule has 0 aliphatic carbocycles. The molecule has 2 N–H and O–H groups in total. The van der Waals surface area contributed by atoms with Crippen molar-refractivity contribution in [1.29, 1.82) is 0 Å². The Morgan fingerprint density at radius 1 is 1.25 bits per heavy atom. The Labute approximate surface area is 141 Å². The lowest BCUT2D eigenvalue weighted by Crippen LogP contribution is -2.39. The summed E-state index contributed by atoms with van der Waals surface area (Å²) in [5.41, 5.74) is 4.05. The topological polar surface area (TPSA) is 86.0 Å². The zero-order valence-corrected chi connectivity index (χ0v) is 14.8. The van der Waals surface area contributed by atoms with Crippen molar-refractivity contribution in [2.45, 2.75) is 39.3 Å². The maximum absolute atomic E-state index is 12.3. The first-order valence-corrected chi connectivity index (χ1v) is 8.06. The molecular weight excluding hydrogens is 308 g/mol. The van der Waals surface area contributed by atoms with E-state index in [2.05, 4.69) is 20.8 Å². The number of anilines is 1. The number of urea groups is 1. The van der Waals surface area contributed by atoms with E-state index >= 15 is 0 Å². The Bertz CT molecular complexity index is 743. The van der Waals surface area contributed by atoms with Crippen molar-refractivity contribution in [3.05, 3.63) is 28.7 Å². The van der Waals surface area contributed by atoms with Crippen LogP contribution in [0.15, 0.2) is 6.07 Å². The van der Waals surface area contributed by atoms with Crippen LogP contribution >= 0.6 is 0 Å². The molecule has 0 bridgehead atoms. The van der Waals surface area contributed by atoms with E-state index in [1.165, 1.54) is 0 Å². The number of nitrogens with one attached hydrogen (secondary N) is 2. The van der Waals surface area contributed by atoms with Gasteiger partial charge in [-0.3, -0.25) is 14.7 Å². The SMILES string of the molecule is Cc1nn(C)c(C)c1[C@H]1OCC[C@@H]1NC(=O)Nc1cc(C)n(C)n1. The third kappa shape index (κ3) is 3.01.